The number of aliphatic hydroxyl groups is 1. The molecule has 0 aliphatic carbocycles. The summed E-state index contributed by atoms with van der Waals surface area (Å²) in [6, 6.07) is 8.56. The molecule has 3 atom stereocenters. The number of nitrogens with one attached hydrogen (secondary N) is 1. The summed E-state index contributed by atoms with van der Waals surface area (Å²) in [6.07, 6.45) is 3.27. The molecule has 4 heteroatoms. The molecule has 1 unspecified atom stereocenters. The first-order chi connectivity index (χ1) is 9.35. The molecule has 0 spiro atoms. The van der Waals surface area contributed by atoms with Crippen LogP contribution in [0.4, 0.5) is 0 Å². The van der Waals surface area contributed by atoms with Crippen LogP contribution in [0, 0.1) is 0 Å². The van der Waals surface area contributed by atoms with Gasteiger partial charge in [-0.1, -0.05) is 18.2 Å². The van der Waals surface area contributed by atoms with Gasteiger partial charge in [0, 0.05) is 12.6 Å². The van der Waals surface area contributed by atoms with Crippen LogP contribution < -0.4 is 10.1 Å². The molecule has 0 saturated carbocycles. The fourth-order valence-corrected chi connectivity index (χ4v) is 2.82. The minimum atomic E-state index is 0.0372. The van der Waals surface area contributed by atoms with Crippen molar-refractivity contribution < 1.29 is 14.6 Å². The Labute approximate surface area is 113 Å². The predicted molar refractivity (Wildman–Crippen MR) is 72.4 cm³/mol. The lowest BCUT2D eigenvalue weighted by Crippen LogP contribution is -2.42. The molecule has 0 radical (unpaired) electrons. The van der Waals surface area contributed by atoms with Gasteiger partial charge in [0.25, 0.3) is 0 Å². The summed E-state index contributed by atoms with van der Waals surface area (Å²) in [6.45, 7) is 1.69. The highest BCUT2D eigenvalue weighted by Crippen LogP contribution is 2.24. The third kappa shape index (κ3) is 3.08. The van der Waals surface area contributed by atoms with E-state index < -0.39 is 0 Å². The number of hydrogen-bond donors (Lipinski definition) is 2. The first kappa shape index (κ1) is 12.9. The molecule has 2 N–H and O–H groups in total. The average Bonchev–Trinajstić information content (AvgIpc) is 2.93. The molecular weight excluding hydrogens is 242 g/mol. The van der Waals surface area contributed by atoms with Crippen molar-refractivity contribution >= 4 is 0 Å². The summed E-state index contributed by atoms with van der Waals surface area (Å²) < 4.78 is 11.5. The van der Waals surface area contributed by atoms with Crippen molar-refractivity contribution in [2.24, 2.45) is 0 Å². The minimum Gasteiger partial charge on any atom is -0.492 e. The number of hydrogen-bond acceptors (Lipinski definition) is 4. The smallest absolute Gasteiger partial charge is 0.122 e. The van der Waals surface area contributed by atoms with Gasteiger partial charge in [0.2, 0.25) is 0 Å². The van der Waals surface area contributed by atoms with E-state index in [1.165, 1.54) is 5.56 Å². The topological polar surface area (TPSA) is 50.7 Å². The molecule has 0 bridgehead atoms. The number of benzene rings is 1. The van der Waals surface area contributed by atoms with Crippen molar-refractivity contribution in [3.63, 3.8) is 0 Å². The Morgan fingerprint density at radius 3 is 2.89 bits per heavy atom. The summed E-state index contributed by atoms with van der Waals surface area (Å²) >= 11 is 0. The molecule has 4 nitrogen and oxygen atoms in total. The third-order valence-electron chi connectivity index (χ3n) is 3.91. The fraction of sp³-hybridized carbons (Fsp3) is 0.600. The number of aliphatic hydroxyl groups excluding tert-OH is 1. The molecule has 1 fully saturated rings. The van der Waals surface area contributed by atoms with E-state index in [0.717, 1.165) is 31.6 Å². The number of ether oxygens (including phenoxy) is 2. The van der Waals surface area contributed by atoms with Crippen LogP contribution in [0.25, 0.3) is 0 Å². The van der Waals surface area contributed by atoms with Gasteiger partial charge in [-0.25, -0.2) is 0 Å². The normalized spacial score (nSPS) is 29.8. The first-order valence-corrected chi connectivity index (χ1v) is 7.05. The second-order valence-corrected chi connectivity index (χ2v) is 5.37. The van der Waals surface area contributed by atoms with Crippen LogP contribution in [0.2, 0.25) is 0 Å². The standard InChI is InChI=1S/C15H21NO3/c17-9-14-6-5-13(19-14)8-16-12-7-11-3-1-2-4-15(11)18-10-12/h1-4,12-14,16-17H,5-10H2/t12?,13-,14+/m1/s1. The van der Waals surface area contributed by atoms with Gasteiger partial charge in [0.1, 0.15) is 12.4 Å². The van der Waals surface area contributed by atoms with E-state index in [1.54, 1.807) is 0 Å². The molecule has 2 heterocycles. The quantitative estimate of drug-likeness (QED) is 0.854. The van der Waals surface area contributed by atoms with E-state index in [2.05, 4.69) is 17.4 Å². The van der Waals surface area contributed by atoms with Gasteiger partial charge in [0.15, 0.2) is 0 Å². The molecule has 19 heavy (non-hydrogen) atoms. The second-order valence-electron chi connectivity index (χ2n) is 5.37. The zero-order valence-electron chi connectivity index (χ0n) is 11.0. The van der Waals surface area contributed by atoms with E-state index >= 15 is 0 Å². The van der Waals surface area contributed by atoms with Gasteiger partial charge in [-0.3, -0.25) is 0 Å². The Morgan fingerprint density at radius 2 is 2.05 bits per heavy atom. The lowest BCUT2D eigenvalue weighted by molar-refractivity contribution is 0.0105. The van der Waals surface area contributed by atoms with Crippen molar-refractivity contribution in [2.75, 3.05) is 19.8 Å². The van der Waals surface area contributed by atoms with Crippen molar-refractivity contribution in [2.45, 2.75) is 37.5 Å². The Hall–Kier alpha value is -1.10. The van der Waals surface area contributed by atoms with Gasteiger partial charge in [-0.2, -0.15) is 0 Å². The Balaban J connectivity index is 1.47. The summed E-state index contributed by atoms with van der Waals surface area (Å²) in [5, 5.41) is 12.6. The number of para-hydroxylation sites is 1. The monoisotopic (exact) mass is 263 g/mol. The largest absolute Gasteiger partial charge is 0.492 e. The Bertz CT molecular complexity index is 424. The van der Waals surface area contributed by atoms with Crippen LogP contribution >= 0.6 is 0 Å². The number of rotatable bonds is 4. The van der Waals surface area contributed by atoms with Gasteiger partial charge in [0.05, 0.1) is 18.8 Å². The SMILES string of the molecule is OC[C@@H]1CC[C@H](CNC2COc3ccccc3C2)O1. The maximum Gasteiger partial charge on any atom is 0.122 e. The summed E-state index contributed by atoms with van der Waals surface area (Å²) in [7, 11) is 0. The zero-order valence-corrected chi connectivity index (χ0v) is 11.0. The molecule has 1 aromatic carbocycles. The van der Waals surface area contributed by atoms with Crippen molar-refractivity contribution in [3.8, 4) is 5.75 Å². The lowest BCUT2D eigenvalue weighted by atomic mass is 10.0. The molecule has 2 aliphatic rings. The molecule has 1 saturated heterocycles. The third-order valence-corrected chi connectivity index (χ3v) is 3.91. The van der Waals surface area contributed by atoms with Crippen molar-refractivity contribution in [1.82, 2.24) is 5.32 Å². The highest BCUT2D eigenvalue weighted by molar-refractivity contribution is 5.35. The fourth-order valence-electron chi connectivity index (χ4n) is 2.82. The van der Waals surface area contributed by atoms with Crippen LogP contribution in [0.3, 0.4) is 0 Å². The maximum absolute atomic E-state index is 9.04. The van der Waals surface area contributed by atoms with Gasteiger partial charge < -0.3 is 19.9 Å². The average molecular weight is 263 g/mol. The molecule has 1 aromatic rings. The summed E-state index contributed by atoms with van der Waals surface area (Å²) in [4.78, 5) is 0. The highest BCUT2D eigenvalue weighted by atomic mass is 16.5. The molecule has 0 aromatic heterocycles. The van der Waals surface area contributed by atoms with Crippen LogP contribution in [-0.2, 0) is 11.2 Å². The Kier molecular flexibility index (Phi) is 4.01. The minimum absolute atomic E-state index is 0.0372. The first-order valence-electron chi connectivity index (χ1n) is 7.05. The van der Waals surface area contributed by atoms with Gasteiger partial charge in [-0.15, -0.1) is 0 Å². The van der Waals surface area contributed by atoms with E-state index in [1.807, 2.05) is 12.1 Å². The van der Waals surface area contributed by atoms with E-state index in [-0.39, 0.29) is 18.8 Å². The predicted octanol–water partition coefficient (Wildman–Crippen LogP) is 1.12. The zero-order chi connectivity index (χ0) is 13.1. The van der Waals surface area contributed by atoms with Crippen LogP contribution in [0.1, 0.15) is 18.4 Å². The highest BCUT2D eigenvalue weighted by Gasteiger charge is 2.26. The van der Waals surface area contributed by atoms with Crippen LogP contribution in [0.15, 0.2) is 24.3 Å². The lowest BCUT2D eigenvalue weighted by Gasteiger charge is -2.27. The number of fused-ring (bicyclic) bond motifs is 1. The molecule has 104 valence electrons. The van der Waals surface area contributed by atoms with Crippen molar-refractivity contribution in [1.29, 1.82) is 0 Å². The Morgan fingerprint density at radius 1 is 1.21 bits per heavy atom. The van der Waals surface area contributed by atoms with Gasteiger partial charge >= 0.3 is 0 Å². The van der Waals surface area contributed by atoms with Crippen LogP contribution in [-0.4, -0.2) is 43.1 Å². The molecular formula is C15H21NO3. The second kappa shape index (κ2) is 5.90. The maximum atomic E-state index is 9.04. The molecule has 3 rings (SSSR count). The molecule has 2 aliphatic heterocycles. The molecule has 0 amide bonds. The van der Waals surface area contributed by atoms with E-state index in [0.29, 0.717) is 12.6 Å². The summed E-state index contributed by atoms with van der Waals surface area (Å²) in [5.74, 6) is 1.01. The van der Waals surface area contributed by atoms with Crippen molar-refractivity contribution in [3.05, 3.63) is 29.8 Å². The van der Waals surface area contributed by atoms with Crippen LogP contribution in [0.5, 0.6) is 5.75 Å². The summed E-state index contributed by atoms with van der Waals surface area (Å²) in [5.41, 5.74) is 1.27. The van der Waals surface area contributed by atoms with E-state index in [4.69, 9.17) is 14.6 Å². The van der Waals surface area contributed by atoms with Gasteiger partial charge in [-0.05, 0) is 30.9 Å². The van der Waals surface area contributed by atoms with E-state index in [9.17, 15) is 0 Å².